The van der Waals surface area contributed by atoms with Crippen molar-refractivity contribution in [2.75, 3.05) is 28.4 Å². The van der Waals surface area contributed by atoms with Crippen molar-refractivity contribution < 1.29 is 19.1 Å². The minimum absolute atomic E-state index is 0.167. The first kappa shape index (κ1) is 25.9. The highest BCUT2D eigenvalue weighted by Gasteiger charge is 2.34. The number of nitrogens with zero attached hydrogens (tertiary/aromatic N) is 3. The van der Waals surface area contributed by atoms with Crippen molar-refractivity contribution in [3.05, 3.63) is 83.9 Å². The molecular formula is C29H25N5O4S2. The van der Waals surface area contributed by atoms with Crippen molar-refractivity contribution >= 4 is 68.2 Å². The number of amides is 4. The van der Waals surface area contributed by atoms with Gasteiger partial charge in [0, 0.05) is 18.5 Å². The normalized spacial score (nSPS) is 16.4. The molecule has 9 nitrogen and oxygen atoms in total. The number of carbonyl (C=O) groups is 3. The van der Waals surface area contributed by atoms with Gasteiger partial charge in [0.05, 0.1) is 34.4 Å². The summed E-state index contributed by atoms with van der Waals surface area (Å²) in [6, 6.07) is 16.2. The summed E-state index contributed by atoms with van der Waals surface area (Å²) in [5.41, 5.74) is 2.64. The molecule has 0 saturated carbocycles. The second kappa shape index (κ2) is 10.7. The second-order valence-electron chi connectivity index (χ2n) is 9.38. The smallest absolute Gasteiger partial charge is 0.331 e. The van der Waals surface area contributed by atoms with Gasteiger partial charge in [-0.05, 0) is 55.0 Å². The molecule has 2 aromatic heterocycles. The van der Waals surface area contributed by atoms with Gasteiger partial charge >= 0.3 is 6.03 Å². The van der Waals surface area contributed by atoms with Gasteiger partial charge in [0.1, 0.15) is 21.2 Å². The van der Waals surface area contributed by atoms with Crippen LogP contribution in [0.25, 0.3) is 10.2 Å². The third kappa shape index (κ3) is 4.78. The number of nitrogens with one attached hydrogen (secondary N) is 2. The molecular weight excluding hydrogens is 546 g/mol. The van der Waals surface area contributed by atoms with Crippen molar-refractivity contribution in [1.82, 2.24) is 15.2 Å². The Morgan fingerprint density at radius 2 is 1.98 bits per heavy atom. The molecule has 2 N–H and O–H groups in total. The van der Waals surface area contributed by atoms with Crippen LogP contribution in [0.15, 0.2) is 73.4 Å². The van der Waals surface area contributed by atoms with Crippen molar-refractivity contribution in [3.8, 4) is 11.5 Å². The molecule has 4 amide bonds. The highest BCUT2D eigenvalue weighted by molar-refractivity contribution is 7.99. The van der Waals surface area contributed by atoms with Gasteiger partial charge in [-0.25, -0.2) is 9.78 Å². The number of hydrogen-bond donors (Lipinski definition) is 2. The number of carbonyl (C=O) groups excluding carboxylic acids is 3. The molecule has 1 atom stereocenters. The van der Waals surface area contributed by atoms with Crippen LogP contribution in [0.5, 0.6) is 11.5 Å². The summed E-state index contributed by atoms with van der Waals surface area (Å²) < 4.78 is 5.96. The number of aromatic nitrogens is 1. The minimum Gasteiger partial charge on any atom is -0.457 e. The number of ether oxygens (including phenoxy) is 1. The Kier molecular flexibility index (Phi) is 6.91. The molecule has 202 valence electrons. The third-order valence-corrected chi connectivity index (χ3v) is 8.90. The summed E-state index contributed by atoms with van der Waals surface area (Å²) in [4.78, 5) is 47.7. The number of thioether (sulfide) groups is 1. The molecule has 1 saturated heterocycles. The summed E-state index contributed by atoms with van der Waals surface area (Å²) in [6.45, 7) is 5.87. The number of rotatable bonds is 6. The van der Waals surface area contributed by atoms with Crippen LogP contribution in [0.4, 0.5) is 21.9 Å². The molecule has 1 fully saturated rings. The molecule has 2 aliphatic heterocycles. The van der Waals surface area contributed by atoms with Crippen molar-refractivity contribution in [1.29, 1.82) is 0 Å². The van der Waals surface area contributed by atoms with Gasteiger partial charge in [-0.1, -0.05) is 24.8 Å². The molecule has 0 aliphatic carbocycles. The van der Waals surface area contributed by atoms with Gasteiger partial charge in [-0.2, -0.15) is 0 Å². The van der Waals surface area contributed by atoms with E-state index in [0.29, 0.717) is 56.1 Å². The number of pyridine rings is 1. The van der Waals surface area contributed by atoms with Gasteiger partial charge in [-0.15, -0.1) is 23.1 Å². The number of thiophene rings is 1. The number of anilines is 3. The summed E-state index contributed by atoms with van der Waals surface area (Å²) in [6.07, 6.45) is 2.92. The van der Waals surface area contributed by atoms with Crippen LogP contribution in [0, 0.1) is 6.92 Å². The number of para-hydroxylation sites is 1. The fraction of sp³-hybridized carbons (Fsp3) is 0.172. The van der Waals surface area contributed by atoms with Gasteiger partial charge in [0.15, 0.2) is 0 Å². The van der Waals surface area contributed by atoms with E-state index in [0.717, 1.165) is 11.3 Å². The maximum Gasteiger partial charge on any atom is 0.331 e. The topological polar surface area (TPSA) is 104 Å². The van der Waals surface area contributed by atoms with Crippen LogP contribution in [0.2, 0.25) is 0 Å². The molecule has 11 heteroatoms. The van der Waals surface area contributed by atoms with E-state index in [-0.39, 0.29) is 23.9 Å². The van der Waals surface area contributed by atoms with E-state index in [9.17, 15) is 14.4 Å². The lowest BCUT2D eigenvalue weighted by Crippen LogP contribution is -2.49. The second-order valence-corrected chi connectivity index (χ2v) is 11.4. The Hall–Kier alpha value is -4.35. The van der Waals surface area contributed by atoms with E-state index < -0.39 is 0 Å². The standard InChI is InChI=1S/C29H25N5O4S2/c1-3-23(35)33-14-18(15-39-16-33)31-27(36)26-25-24-22(11-12-30-28(24)40-26)34(29(37)32-25)21-10-9-20(13-17(21)2)38-19-7-5-4-6-8-19/h3-13,18H,1,14-16H2,2H3,(H,31,36)(H,32,37)/t18-/m0/s1. The zero-order valence-electron chi connectivity index (χ0n) is 21.5. The highest BCUT2D eigenvalue weighted by Crippen LogP contribution is 2.46. The average molecular weight is 572 g/mol. The Bertz CT molecular complexity index is 1660. The third-order valence-electron chi connectivity index (χ3n) is 6.67. The first-order valence-electron chi connectivity index (χ1n) is 12.6. The van der Waals surface area contributed by atoms with Gasteiger partial charge in [0.25, 0.3) is 5.91 Å². The predicted molar refractivity (Wildman–Crippen MR) is 159 cm³/mol. The zero-order valence-corrected chi connectivity index (χ0v) is 23.2. The van der Waals surface area contributed by atoms with E-state index in [1.165, 1.54) is 17.4 Å². The number of urea groups is 1. The summed E-state index contributed by atoms with van der Waals surface area (Å²) in [5.74, 6) is 2.15. The molecule has 2 aliphatic rings. The molecule has 2 aromatic carbocycles. The molecule has 0 radical (unpaired) electrons. The minimum atomic E-state index is -0.372. The lowest BCUT2D eigenvalue weighted by Gasteiger charge is -2.32. The maximum absolute atomic E-state index is 13.5. The number of aryl methyl sites for hydroxylation is 1. The van der Waals surface area contributed by atoms with Crippen molar-refractivity contribution in [2.24, 2.45) is 0 Å². The Morgan fingerprint density at radius 3 is 2.75 bits per heavy atom. The molecule has 0 unspecified atom stereocenters. The Balaban J connectivity index is 1.29. The fourth-order valence-corrected chi connectivity index (χ4v) is 6.90. The monoisotopic (exact) mass is 571 g/mol. The van der Waals surface area contributed by atoms with E-state index in [4.69, 9.17) is 4.74 Å². The average Bonchev–Trinajstić information content (AvgIpc) is 3.33. The quantitative estimate of drug-likeness (QED) is 0.280. The van der Waals surface area contributed by atoms with Crippen LogP contribution >= 0.6 is 23.1 Å². The van der Waals surface area contributed by atoms with Crippen LogP contribution in [-0.4, -0.2) is 51.9 Å². The number of benzene rings is 2. The van der Waals surface area contributed by atoms with Gasteiger partial charge in [-0.3, -0.25) is 14.5 Å². The maximum atomic E-state index is 13.5. The highest BCUT2D eigenvalue weighted by atomic mass is 32.2. The number of hydrogen-bond acceptors (Lipinski definition) is 7. The van der Waals surface area contributed by atoms with Gasteiger partial charge in [0.2, 0.25) is 5.91 Å². The molecule has 40 heavy (non-hydrogen) atoms. The first-order valence-corrected chi connectivity index (χ1v) is 14.6. The van der Waals surface area contributed by atoms with E-state index in [2.05, 4.69) is 22.2 Å². The van der Waals surface area contributed by atoms with Crippen LogP contribution in [0.3, 0.4) is 0 Å². The van der Waals surface area contributed by atoms with Crippen LogP contribution < -0.4 is 20.3 Å². The molecule has 0 bridgehead atoms. The van der Waals surface area contributed by atoms with Crippen LogP contribution in [-0.2, 0) is 4.79 Å². The molecule has 0 spiro atoms. The Labute approximate surface area is 238 Å². The fourth-order valence-electron chi connectivity index (χ4n) is 4.85. The molecule has 6 rings (SSSR count). The predicted octanol–water partition coefficient (Wildman–Crippen LogP) is 5.90. The van der Waals surface area contributed by atoms with E-state index in [1.54, 1.807) is 33.8 Å². The first-order chi connectivity index (χ1) is 19.4. The van der Waals surface area contributed by atoms with Crippen molar-refractivity contribution in [3.63, 3.8) is 0 Å². The largest absolute Gasteiger partial charge is 0.457 e. The van der Waals surface area contributed by atoms with Gasteiger partial charge < -0.3 is 20.3 Å². The Morgan fingerprint density at radius 1 is 1.15 bits per heavy atom. The molecule has 4 aromatic rings. The lowest BCUT2D eigenvalue weighted by molar-refractivity contribution is -0.125. The summed E-state index contributed by atoms with van der Waals surface area (Å²) in [7, 11) is 0. The van der Waals surface area contributed by atoms with Crippen molar-refractivity contribution in [2.45, 2.75) is 13.0 Å². The summed E-state index contributed by atoms with van der Waals surface area (Å²) >= 11 is 2.80. The summed E-state index contributed by atoms with van der Waals surface area (Å²) in [5, 5.41) is 6.68. The SMILES string of the molecule is C=CC(=O)N1CSC[C@@H](NC(=O)c2sc3nccc4c3c2NC(=O)N4c2ccc(Oc3ccccc3)cc2C)C1. The van der Waals surface area contributed by atoms with E-state index in [1.807, 2.05) is 55.5 Å². The molecule has 4 heterocycles. The zero-order chi connectivity index (χ0) is 27.8. The van der Waals surface area contributed by atoms with Crippen LogP contribution in [0.1, 0.15) is 15.2 Å². The van der Waals surface area contributed by atoms with E-state index >= 15 is 0 Å². The lowest BCUT2D eigenvalue weighted by atomic mass is 10.1.